The van der Waals surface area contributed by atoms with Gasteiger partial charge in [0.1, 0.15) is 18.1 Å². The third kappa shape index (κ3) is 5.62. The summed E-state index contributed by atoms with van der Waals surface area (Å²) in [6.07, 6.45) is 0.112. The monoisotopic (exact) mass is 443 g/mol. The van der Waals surface area contributed by atoms with Gasteiger partial charge in [-0.3, -0.25) is 9.59 Å². The molecule has 0 aliphatic rings. The van der Waals surface area contributed by atoms with E-state index in [1.165, 1.54) is 0 Å². The van der Waals surface area contributed by atoms with Crippen LogP contribution in [0.2, 0.25) is 0 Å². The maximum Gasteiger partial charge on any atom is 0.306 e. The van der Waals surface area contributed by atoms with E-state index in [4.69, 9.17) is 18.9 Å². The smallest absolute Gasteiger partial charge is 0.306 e. The third-order valence-corrected chi connectivity index (χ3v) is 4.42. The number of esters is 1. The summed E-state index contributed by atoms with van der Waals surface area (Å²) < 4.78 is 22.7. The van der Waals surface area contributed by atoms with Gasteiger partial charge in [0.25, 0.3) is 0 Å². The number of carbonyl (C=O) groups is 2. The molecule has 0 saturated heterocycles. The predicted molar refractivity (Wildman–Crippen MR) is 114 cm³/mol. The number of rotatable bonds is 11. The Morgan fingerprint density at radius 2 is 1.91 bits per heavy atom. The standard InChI is InChI=1S/C21H25N5O6/c1-4-31-20(28)10-8-18(27)22-11-12-32-19-9-7-17-23-24-21(26(17)25-19)15-6-5-14(29-2)13-16(15)30-3/h5-7,9,13H,4,8,10-12H2,1-3H3,(H,22,27). The molecule has 11 heteroatoms. The lowest BCUT2D eigenvalue weighted by molar-refractivity contribution is -0.144. The molecule has 32 heavy (non-hydrogen) atoms. The van der Waals surface area contributed by atoms with E-state index in [1.807, 2.05) is 6.07 Å². The summed E-state index contributed by atoms with van der Waals surface area (Å²) in [4.78, 5) is 23.1. The zero-order valence-electron chi connectivity index (χ0n) is 18.2. The number of nitrogens with one attached hydrogen (secondary N) is 1. The lowest BCUT2D eigenvalue weighted by atomic mass is 10.2. The molecule has 3 rings (SSSR count). The van der Waals surface area contributed by atoms with Gasteiger partial charge in [-0.05, 0) is 25.1 Å². The highest BCUT2D eigenvalue weighted by atomic mass is 16.5. The highest BCUT2D eigenvalue weighted by Gasteiger charge is 2.16. The van der Waals surface area contributed by atoms with Crippen LogP contribution in [0, 0.1) is 0 Å². The normalized spacial score (nSPS) is 10.6. The molecule has 0 saturated carbocycles. The minimum atomic E-state index is -0.394. The van der Waals surface area contributed by atoms with Crippen molar-refractivity contribution in [1.29, 1.82) is 0 Å². The van der Waals surface area contributed by atoms with Gasteiger partial charge in [0.05, 0.1) is 39.4 Å². The van der Waals surface area contributed by atoms with Crippen molar-refractivity contribution >= 4 is 17.5 Å². The van der Waals surface area contributed by atoms with Gasteiger partial charge in [-0.1, -0.05) is 0 Å². The van der Waals surface area contributed by atoms with Gasteiger partial charge in [-0.25, -0.2) is 0 Å². The fourth-order valence-electron chi connectivity index (χ4n) is 2.88. The van der Waals surface area contributed by atoms with Crippen LogP contribution in [-0.2, 0) is 14.3 Å². The first-order chi connectivity index (χ1) is 15.5. The van der Waals surface area contributed by atoms with Crippen LogP contribution in [0.1, 0.15) is 19.8 Å². The van der Waals surface area contributed by atoms with E-state index >= 15 is 0 Å². The second-order valence-electron chi connectivity index (χ2n) is 6.53. The van der Waals surface area contributed by atoms with E-state index in [9.17, 15) is 9.59 Å². The summed E-state index contributed by atoms with van der Waals surface area (Å²) in [5, 5.41) is 15.5. The summed E-state index contributed by atoms with van der Waals surface area (Å²) in [5.41, 5.74) is 1.23. The number of hydrogen-bond acceptors (Lipinski definition) is 9. The number of nitrogens with zero attached hydrogens (tertiary/aromatic N) is 4. The molecule has 2 heterocycles. The van der Waals surface area contributed by atoms with Crippen LogP contribution < -0.4 is 19.5 Å². The number of amides is 1. The molecular weight excluding hydrogens is 418 g/mol. The fraction of sp³-hybridized carbons (Fsp3) is 0.381. The molecule has 1 aromatic carbocycles. The Hall–Kier alpha value is -3.89. The summed E-state index contributed by atoms with van der Waals surface area (Å²) in [5.74, 6) is 1.40. The quantitative estimate of drug-likeness (QED) is 0.348. The van der Waals surface area contributed by atoms with Crippen LogP contribution in [0.3, 0.4) is 0 Å². The van der Waals surface area contributed by atoms with Crippen LogP contribution in [0.4, 0.5) is 0 Å². The SMILES string of the molecule is CCOC(=O)CCC(=O)NCCOc1ccc2nnc(-c3ccc(OC)cc3OC)n2n1. The van der Waals surface area contributed by atoms with Gasteiger partial charge in [0, 0.05) is 18.6 Å². The molecule has 0 bridgehead atoms. The Morgan fingerprint density at radius 3 is 2.66 bits per heavy atom. The highest BCUT2D eigenvalue weighted by Crippen LogP contribution is 2.32. The van der Waals surface area contributed by atoms with E-state index in [2.05, 4.69) is 20.6 Å². The van der Waals surface area contributed by atoms with Gasteiger partial charge in [0.2, 0.25) is 11.8 Å². The summed E-state index contributed by atoms with van der Waals surface area (Å²) in [7, 11) is 3.14. The van der Waals surface area contributed by atoms with Crippen LogP contribution in [-0.4, -0.2) is 65.7 Å². The molecular formula is C21H25N5O6. The number of benzene rings is 1. The minimum absolute atomic E-state index is 0.0456. The van der Waals surface area contributed by atoms with Crippen molar-refractivity contribution in [3.63, 3.8) is 0 Å². The maximum atomic E-state index is 11.8. The van der Waals surface area contributed by atoms with Gasteiger partial charge >= 0.3 is 5.97 Å². The summed E-state index contributed by atoms with van der Waals surface area (Å²) in [6.45, 7) is 2.48. The van der Waals surface area contributed by atoms with Crippen LogP contribution >= 0.6 is 0 Å². The molecule has 3 aromatic rings. The number of ether oxygens (including phenoxy) is 4. The number of aromatic nitrogens is 4. The summed E-state index contributed by atoms with van der Waals surface area (Å²) in [6, 6.07) is 8.76. The molecule has 0 aliphatic carbocycles. The molecule has 2 aromatic heterocycles. The van der Waals surface area contributed by atoms with E-state index < -0.39 is 5.97 Å². The lowest BCUT2D eigenvalue weighted by Gasteiger charge is -2.10. The molecule has 0 spiro atoms. The fourth-order valence-corrected chi connectivity index (χ4v) is 2.88. The number of methoxy groups -OCH3 is 2. The van der Waals surface area contributed by atoms with Gasteiger partial charge < -0.3 is 24.3 Å². The van der Waals surface area contributed by atoms with Crippen LogP contribution in [0.25, 0.3) is 17.0 Å². The second-order valence-corrected chi connectivity index (χ2v) is 6.53. The number of hydrogen-bond donors (Lipinski definition) is 1. The zero-order chi connectivity index (χ0) is 22.9. The van der Waals surface area contributed by atoms with E-state index in [1.54, 1.807) is 49.9 Å². The molecule has 0 aliphatic heterocycles. The maximum absolute atomic E-state index is 11.8. The van der Waals surface area contributed by atoms with Crippen molar-refractivity contribution in [2.75, 3.05) is 34.0 Å². The first-order valence-corrected chi connectivity index (χ1v) is 10.1. The Balaban J connectivity index is 1.62. The number of carbonyl (C=O) groups excluding carboxylic acids is 2. The average Bonchev–Trinajstić information content (AvgIpc) is 3.23. The molecule has 11 nitrogen and oxygen atoms in total. The lowest BCUT2D eigenvalue weighted by Crippen LogP contribution is -2.28. The first-order valence-electron chi connectivity index (χ1n) is 10.1. The third-order valence-electron chi connectivity index (χ3n) is 4.42. The highest BCUT2D eigenvalue weighted by molar-refractivity contribution is 5.81. The van der Waals surface area contributed by atoms with Gasteiger partial charge in [-0.15, -0.1) is 15.3 Å². The van der Waals surface area contributed by atoms with Crippen molar-refractivity contribution in [2.24, 2.45) is 0 Å². The van der Waals surface area contributed by atoms with Crippen molar-refractivity contribution in [2.45, 2.75) is 19.8 Å². The molecule has 1 amide bonds. The van der Waals surface area contributed by atoms with Crippen LogP contribution in [0.5, 0.6) is 17.4 Å². The molecule has 0 unspecified atom stereocenters. The van der Waals surface area contributed by atoms with Gasteiger partial charge in [0.15, 0.2) is 11.5 Å². The Morgan fingerprint density at radius 1 is 1.06 bits per heavy atom. The van der Waals surface area contributed by atoms with Gasteiger partial charge in [-0.2, -0.15) is 4.52 Å². The number of fused-ring (bicyclic) bond motifs is 1. The Bertz CT molecular complexity index is 1080. The van der Waals surface area contributed by atoms with E-state index in [0.717, 1.165) is 0 Å². The largest absolute Gasteiger partial charge is 0.497 e. The first kappa shape index (κ1) is 22.8. The topological polar surface area (TPSA) is 126 Å². The molecule has 1 N–H and O–H groups in total. The van der Waals surface area contributed by atoms with Crippen molar-refractivity contribution in [3.8, 4) is 28.8 Å². The molecule has 0 atom stereocenters. The molecule has 0 fully saturated rings. The molecule has 170 valence electrons. The Labute approximate surface area is 184 Å². The van der Waals surface area contributed by atoms with Crippen molar-refractivity contribution in [1.82, 2.24) is 25.1 Å². The van der Waals surface area contributed by atoms with Crippen molar-refractivity contribution < 1.29 is 28.5 Å². The van der Waals surface area contributed by atoms with Crippen molar-refractivity contribution in [3.05, 3.63) is 30.3 Å². The van der Waals surface area contributed by atoms with E-state index in [-0.39, 0.29) is 31.9 Å². The second kappa shape index (κ2) is 10.9. The van der Waals surface area contributed by atoms with Crippen LogP contribution in [0.15, 0.2) is 30.3 Å². The predicted octanol–water partition coefficient (Wildman–Crippen LogP) is 1.65. The average molecular weight is 443 g/mol. The Kier molecular flexibility index (Phi) is 7.79. The minimum Gasteiger partial charge on any atom is -0.497 e. The zero-order valence-corrected chi connectivity index (χ0v) is 18.2. The summed E-state index contributed by atoms with van der Waals surface area (Å²) >= 11 is 0. The molecule has 0 radical (unpaired) electrons. The van der Waals surface area contributed by atoms with E-state index in [0.29, 0.717) is 41.0 Å².